The van der Waals surface area contributed by atoms with Crippen LogP contribution in [0.5, 0.6) is 0 Å². The summed E-state index contributed by atoms with van der Waals surface area (Å²) in [5.74, 6) is 0. The molecule has 2 nitrogen and oxygen atoms in total. The summed E-state index contributed by atoms with van der Waals surface area (Å²) >= 11 is 12.3. The lowest BCUT2D eigenvalue weighted by molar-refractivity contribution is 0.0946. The van der Waals surface area contributed by atoms with Crippen molar-refractivity contribution in [2.45, 2.75) is 51.2 Å². The first-order valence-corrected chi connectivity index (χ1v) is 8.23. The SMILES string of the molecule is CCCNC(Cc1cc(Cl)ccc1Cl)CC1CCCO1. The van der Waals surface area contributed by atoms with Crippen LogP contribution in [-0.4, -0.2) is 25.3 Å². The summed E-state index contributed by atoms with van der Waals surface area (Å²) in [6.07, 6.45) is 5.83. The highest BCUT2D eigenvalue weighted by Gasteiger charge is 2.21. The van der Waals surface area contributed by atoms with Crippen LogP contribution in [0.1, 0.15) is 38.2 Å². The lowest BCUT2D eigenvalue weighted by Gasteiger charge is -2.22. The molecule has 2 unspecified atom stereocenters. The Morgan fingerprint density at radius 3 is 2.95 bits per heavy atom. The quantitative estimate of drug-likeness (QED) is 0.801. The van der Waals surface area contributed by atoms with E-state index in [-0.39, 0.29) is 0 Å². The molecule has 1 aromatic rings. The van der Waals surface area contributed by atoms with E-state index in [0.29, 0.717) is 12.1 Å². The first kappa shape index (κ1) is 16.1. The van der Waals surface area contributed by atoms with Crippen molar-refractivity contribution < 1.29 is 4.74 Å². The summed E-state index contributed by atoms with van der Waals surface area (Å²) in [5, 5.41) is 5.15. The highest BCUT2D eigenvalue weighted by molar-refractivity contribution is 6.33. The van der Waals surface area contributed by atoms with Gasteiger partial charge < -0.3 is 10.1 Å². The Morgan fingerprint density at radius 2 is 2.25 bits per heavy atom. The molecule has 1 aromatic carbocycles. The van der Waals surface area contributed by atoms with E-state index >= 15 is 0 Å². The van der Waals surface area contributed by atoms with Gasteiger partial charge in [0.05, 0.1) is 6.10 Å². The van der Waals surface area contributed by atoms with E-state index in [4.69, 9.17) is 27.9 Å². The summed E-state index contributed by atoms with van der Waals surface area (Å²) in [6.45, 7) is 4.11. The van der Waals surface area contributed by atoms with Crippen molar-refractivity contribution in [1.29, 1.82) is 0 Å². The summed E-state index contributed by atoms with van der Waals surface area (Å²) in [4.78, 5) is 0. The summed E-state index contributed by atoms with van der Waals surface area (Å²) in [5.41, 5.74) is 1.12. The zero-order chi connectivity index (χ0) is 14.4. The molecular formula is C16H23Cl2NO. The highest BCUT2D eigenvalue weighted by Crippen LogP contribution is 2.24. The van der Waals surface area contributed by atoms with Gasteiger partial charge in [0.15, 0.2) is 0 Å². The van der Waals surface area contributed by atoms with Gasteiger partial charge in [-0.05, 0) is 62.4 Å². The van der Waals surface area contributed by atoms with Gasteiger partial charge in [0.25, 0.3) is 0 Å². The molecule has 112 valence electrons. The molecule has 1 saturated heterocycles. The first-order valence-electron chi connectivity index (χ1n) is 7.48. The maximum Gasteiger partial charge on any atom is 0.0590 e. The zero-order valence-corrected chi connectivity index (χ0v) is 13.5. The molecule has 1 aliphatic heterocycles. The minimum absolute atomic E-state index is 0.391. The van der Waals surface area contributed by atoms with Crippen LogP contribution >= 0.6 is 23.2 Å². The van der Waals surface area contributed by atoms with Crippen LogP contribution < -0.4 is 5.32 Å². The fourth-order valence-electron chi connectivity index (χ4n) is 2.70. The summed E-state index contributed by atoms with van der Waals surface area (Å²) in [7, 11) is 0. The summed E-state index contributed by atoms with van der Waals surface area (Å²) < 4.78 is 5.76. The Kier molecular flexibility index (Phi) is 6.63. The van der Waals surface area contributed by atoms with Crippen LogP contribution in [0, 0.1) is 0 Å². The molecule has 2 rings (SSSR count). The van der Waals surface area contributed by atoms with Crippen molar-refractivity contribution in [3.8, 4) is 0 Å². The molecule has 0 bridgehead atoms. The zero-order valence-electron chi connectivity index (χ0n) is 12.0. The van der Waals surface area contributed by atoms with Gasteiger partial charge in [-0.15, -0.1) is 0 Å². The maximum absolute atomic E-state index is 6.27. The number of nitrogens with one attached hydrogen (secondary N) is 1. The van der Waals surface area contributed by atoms with Crippen LogP contribution in [-0.2, 0) is 11.2 Å². The topological polar surface area (TPSA) is 21.3 Å². The lowest BCUT2D eigenvalue weighted by Crippen LogP contribution is -2.35. The van der Waals surface area contributed by atoms with E-state index in [2.05, 4.69) is 12.2 Å². The Balaban J connectivity index is 1.99. The van der Waals surface area contributed by atoms with Crippen LogP contribution in [0.4, 0.5) is 0 Å². The van der Waals surface area contributed by atoms with E-state index in [0.717, 1.165) is 48.0 Å². The van der Waals surface area contributed by atoms with E-state index < -0.39 is 0 Å². The standard InChI is InChI=1S/C16H23Cl2NO/c1-2-7-19-14(11-15-4-3-8-20-15)10-12-9-13(17)5-6-16(12)18/h5-6,9,14-15,19H,2-4,7-8,10-11H2,1H3. The third kappa shape index (κ3) is 4.92. The second-order valence-corrected chi connectivity index (χ2v) is 6.31. The number of hydrogen-bond acceptors (Lipinski definition) is 2. The first-order chi connectivity index (χ1) is 9.69. The molecule has 0 radical (unpaired) electrons. The van der Waals surface area contributed by atoms with E-state index in [1.54, 1.807) is 0 Å². The molecule has 0 saturated carbocycles. The Morgan fingerprint density at radius 1 is 1.40 bits per heavy atom. The van der Waals surface area contributed by atoms with E-state index in [1.807, 2.05) is 18.2 Å². The monoisotopic (exact) mass is 315 g/mol. The molecule has 4 heteroatoms. The Bertz CT molecular complexity index is 419. The average molecular weight is 316 g/mol. The van der Waals surface area contributed by atoms with Crippen molar-refractivity contribution in [3.05, 3.63) is 33.8 Å². The molecule has 0 spiro atoms. The molecule has 2 atom stereocenters. The van der Waals surface area contributed by atoms with Crippen molar-refractivity contribution in [2.24, 2.45) is 0 Å². The molecule has 1 fully saturated rings. The lowest BCUT2D eigenvalue weighted by atomic mass is 9.99. The van der Waals surface area contributed by atoms with Gasteiger partial charge in [-0.25, -0.2) is 0 Å². The molecule has 1 N–H and O–H groups in total. The largest absolute Gasteiger partial charge is 0.378 e. The molecular weight excluding hydrogens is 293 g/mol. The number of benzene rings is 1. The van der Waals surface area contributed by atoms with Crippen molar-refractivity contribution >= 4 is 23.2 Å². The normalized spacial score (nSPS) is 20.2. The van der Waals surface area contributed by atoms with Crippen LogP contribution in [0.3, 0.4) is 0 Å². The van der Waals surface area contributed by atoms with Crippen LogP contribution in [0.25, 0.3) is 0 Å². The molecule has 0 aromatic heterocycles. The second-order valence-electron chi connectivity index (χ2n) is 5.46. The summed E-state index contributed by atoms with van der Waals surface area (Å²) in [6, 6.07) is 6.08. The minimum Gasteiger partial charge on any atom is -0.378 e. The third-order valence-electron chi connectivity index (χ3n) is 3.73. The molecule has 1 heterocycles. The number of ether oxygens (including phenoxy) is 1. The van der Waals surface area contributed by atoms with Crippen molar-refractivity contribution in [3.63, 3.8) is 0 Å². The van der Waals surface area contributed by atoms with Gasteiger partial charge in [0.1, 0.15) is 0 Å². The third-order valence-corrected chi connectivity index (χ3v) is 4.33. The predicted octanol–water partition coefficient (Wildman–Crippen LogP) is 4.47. The van der Waals surface area contributed by atoms with Gasteiger partial charge in [0, 0.05) is 22.7 Å². The predicted molar refractivity (Wildman–Crippen MR) is 85.8 cm³/mol. The van der Waals surface area contributed by atoms with Crippen LogP contribution in [0.2, 0.25) is 10.0 Å². The minimum atomic E-state index is 0.391. The van der Waals surface area contributed by atoms with Gasteiger partial charge in [-0.3, -0.25) is 0 Å². The maximum atomic E-state index is 6.27. The fourth-order valence-corrected chi connectivity index (χ4v) is 3.09. The Labute approximate surface area is 131 Å². The van der Waals surface area contributed by atoms with Gasteiger partial charge in [0.2, 0.25) is 0 Å². The van der Waals surface area contributed by atoms with Gasteiger partial charge in [-0.2, -0.15) is 0 Å². The fraction of sp³-hybridized carbons (Fsp3) is 0.625. The van der Waals surface area contributed by atoms with E-state index in [1.165, 1.54) is 12.8 Å². The molecule has 0 amide bonds. The van der Waals surface area contributed by atoms with Gasteiger partial charge >= 0.3 is 0 Å². The van der Waals surface area contributed by atoms with E-state index in [9.17, 15) is 0 Å². The number of hydrogen-bond donors (Lipinski definition) is 1. The van der Waals surface area contributed by atoms with Crippen LogP contribution in [0.15, 0.2) is 18.2 Å². The molecule has 0 aliphatic carbocycles. The number of halogens is 2. The second kappa shape index (κ2) is 8.23. The smallest absolute Gasteiger partial charge is 0.0590 e. The van der Waals surface area contributed by atoms with Crippen molar-refractivity contribution in [1.82, 2.24) is 5.32 Å². The number of rotatable bonds is 7. The highest BCUT2D eigenvalue weighted by atomic mass is 35.5. The van der Waals surface area contributed by atoms with Crippen molar-refractivity contribution in [2.75, 3.05) is 13.2 Å². The molecule has 1 aliphatic rings. The average Bonchev–Trinajstić information content (AvgIpc) is 2.93. The Hall–Kier alpha value is -0.280. The van der Waals surface area contributed by atoms with Gasteiger partial charge in [-0.1, -0.05) is 30.1 Å². The molecule has 20 heavy (non-hydrogen) atoms.